The van der Waals surface area contributed by atoms with Gasteiger partial charge in [-0.25, -0.2) is 4.79 Å². The maximum Gasteiger partial charge on any atom is 0.342 e. The summed E-state index contributed by atoms with van der Waals surface area (Å²) < 4.78 is 10.4. The molecule has 0 fully saturated rings. The van der Waals surface area contributed by atoms with Gasteiger partial charge in [0.05, 0.1) is 13.2 Å². The van der Waals surface area contributed by atoms with Crippen molar-refractivity contribution in [1.29, 1.82) is 5.26 Å². The lowest BCUT2D eigenvalue weighted by Crippen LogP contribution is -2.28. The zero-order valence-corrected chi connectivity index (χ0v) is 14.9. The summed E-state index contributed by atoms with van der Waals surface area (Å²) in [5.74, 6) is -0.251. The van der Waals surface area contributed by atoms with Crippen LogP contribution in [0.3, 0.4) is 0 Å². The number of esters is 1. The van der Waals surface area contributed by atoms with E-state index in [1.54, 1.807) is 19.1 Å². The molecule has 26 heavy (non-hydrogen) atoms. The number of hydroxylamine groups is 2. The molecular formula is C18H22N2O6. The summed E-state index contributed by atoms with van der Waals surface area (Å²) in [5, 5.41) is 37.6. The lowest BCUT2D eigenvalue weighted by molar-refractivity contribution is -0.321. The van der Waals surface area contributed by atoms with Crippen molar-refractivity contribution in [3.63, 3.8) is 0 Å². The van der Waals surface area contributed by atoms with Crippen molar-refractivity contribution in [3.8, 4) is 17.6 Å². The fraction of sp³-hybridized carbons (Fsp3) is 0.444. The number of allylic oxidation sites excluding steroid dienone is 1. The van der Waals surface area contributed by atoms with Crippen LogP contribution in [-0.4, -0.2) is 39.9 Å². The second kappa shape index (κ2) is 8.19. The summed E-state index contributed by atoms with van der Waals surface area (Å²) in [5.41, 5.74) is 2.77. The Morgan fingerprint density at radius 2 is 2.19 bits per heavy atom. The van der Waals surface area contributed by atoms with Crippen molar-refractivity contribution in [2.75, 3.05) is 7.11 Å². The first kappa shape index (κ1) is 19.7. The van der Waals surface area contributed by atoms with Crippen molar-refractivity contribution in [3.05, 3.63) is 33.9 Å². The molecule has 0 radical (unpaired) electrons. The molecule has 1 aliphatic rings. The van der Waals surface area contributed by atoms with E-state index in [4.69, 9.17) is 25.2 Å². The van der Waals surface area contributed by atoms with Gasteiger partial charge in [-0.1, -0.05) is 23.8 Å². The zero-order valence-electron chi connectivity index (χ0n) is 14.9. The van der Waals surface area contributed by atoms with Crippen molar-refractivity contribution >= 4 is 5.97 Å². The summed E-state index contributed by atoms with van der Waals surface area (Å²) in [6.07, 6.45) is 2.77. The predicted octanol–water partition coefficient (Wildman–Crippen LogP) is 2.62. The van der Waals surface area contributed by atoms with Gasteiger partial charge in [-0.2, -0.15) is 5.26 Å². The van der Waals surface area contributed by atoms with Crippen molar-refractivity contribution in [2.45, 2.75) is 45.8 Å². The van der Waals surface area contributed by atoms with Crippen LogP contribution in [0.2, 0.25) is 0 Å². The van der Waals surface area contributed by atoms with Crippen LogP contribution in [0.1, 0.15) is 46.8 Å². The Hall–Kier alpha value is -2.60. The van der Waals surface area contributed by atoms with Crippen LogP contribution in [0, 0.1) is 18.3 Å². The standard InChI is InChI=1S/C18H22N2O6/c1-4-11(7-12(8-19)20(23)24)5-6-13-16(21)15-14(9-26-18(15)22)10(2)17(13)25-3/h5,12,21,23-24H,4,6-7,9H2,1-3H3/b11-5+. The highest BCUT2D eigenvalue weighted by Gasteiger charge is 2.31. The van der Waals surface area contributed by atoms with Gasteiger partial charge in [-0.3, -0.25) is 10.4 Å². The Kier molecular flexibility index (Phi) is 6.21. The molecule has 0 spiro atoms. The van der Waals surface area contributed by atoms with Gasteiger partial charge in [-0.05, 0) is 25.3 Å². The number of methoxy groups -OCH3 is 1. The van der Waals surface area contributed by atoms with Gasteiger partial charge in [0.1, 0.15) is 23.7 Å². The molecule has 2 rings (SSSR count). The summed E-state index contributed by atoms with van der Waals surface area (Å²) in [7, 11) is 1.49. The van der Waals surface area contributed by atoms with E-state index < -0.39 is 12.0 Å². The summed E-state index contributed by atoms with van der Waals surface area (Å²) >= 11 is 0. The number of rotatable bonds is 7. The number of phenolic OH excluding ortho intramolecular Hbond substituents is 1. The molecule has 1 atom stereocenters. The molecule has 1 aliphatic heterocycles. The van der Waals surface area contributed by atoms with Gasteiger partial charge in [0.2, 0.25) is 0 Å². The van der Waals surface area contributed by atoms with Gasteiger partial charge in [-0.15, -0.1) is 0 Å². The smallest absolute Gasteiger partial charge is 0.342 e. The molecule has 0 bridgehead atoms. The molecule has 1 unspecified atom stereocenters. The number of hydrogen-bond acceptors (Lipinski definition) is 8. The highest BCUT2D eigenvalue weighted by atomic mass is 16.8. The molecule has 3 N–H and O–H groups in total. The highest BCUT2D eigenvalue weighted by molar-refractivity contribution is 5.98. The monoisotopic (exact) mass is 362 g/mol. The van der Waals surface area contributed by atoms with E-state index in [9.17, 15) is 9.90 Å². The number of fused-ring (bicyclic) bond motifs is 1. The third-order valence-electron chi connectivity index (χ3n) is 4.58. The largest absolute Gasteiger partial charge is 0.507 e. The Morgan fingerprint density at radius 3 is 2.73 bits per heavy atom. The molecule has 0 saturated carbocycles. The van der Waals surface area contributed by atoms with Gasteiger partial charge in [0.25, 0.3) is 0 Å². The number of nitrogens with zero attached hydrogens (tertiary/aromatic N) is 2. The number of nitriles is 1. The lowest BCUT2D eigenvalue weighted by Gasteiger charge is -2.17. The molecule has 1 aromatic carbocycles. The van der Waals surface area contributed by atoms with E-state index in [0.29, 0.717) is 23.3 Å². The van der Waals surface area contributed by atoms with E-state index in [1.807, 2.05) is 6.92 Å². The molecule has 1 aromatic rings. The third kappa shape index (κ3) is 3.65. The SMILES string of the molecule is CC/C(=C\Cc1c(O)c2c(c(C)c1OC)COC2=O)CC(C#N)N(O)O. The summed E-state index contributed by atoms with van der Waals surface area (Å²) in [6, 6.07) is 0.708. The first-order chi connectivity index (χ1) is 12.3. The zero-order chi connectivity index (χ0) is 19.4. The van der Waals surface area contributed by atoms with E-state index >= 15 is 0 Å². The number of benzene rings is 1. The third-order valence-corrected chi connectivity index (χ3v) is 4.58. The second-order valence-corrected chi connectivity index (χ2v) is 6.00. The summed E-state index contributed by atoms with van der Waals surface area (Å²) in [4.78, 5) is 11.9. The van der Waals surface area contributed by atoms with E-state index in [1.165, 1.54) is 7.11 Å². The van der Waals surface area contributed by atoms with Crippen molar-refractivity contribution in [2.24, 2.45) is 0 Å². The second-order valence-electron chi connectivity index (χ2n) is 6.00. The van der Waals surface area contributed by atoms with Crippen LogP contribution >= 0.6 is 0 Å². The fourth-order valence-electron chi connectivity index (χ4n) is 3.07. The van der Waals surface area contributed by atoms with Gasteiger partial charge in [0, 0.05) is 17.5 Å². The van der Waals surface area contributed by atoms with Gasteiger partial charge in [0.15, 0.2) is 6.04 Å². The van der Waals surface area contributed by atoms with E-state index in [-0.39, 0.29) is 36.0 Å². The quantitative estimate of drug-likeness (QED) is 0.384. The Morgan fingerprint density at radius 1 is 1.50 bits per heavy atom. The van der Waals surface area contributed by atoms with Crippen LogP contribution in [-0.2, 0) is 17.8 Å². The first-order valence-corrected chi connectivity index (χ1v) is 8.18. The molecule has 0 saturated heterocycles. The Bertz CT molecular complexity index is 779. The van der Waals surface area contributed by atoms with Crippen molar-refractivity contribution in [1.82, 2.24) is 5.23 Å². The van der Waals surface area contributed by atoms with Crippen LogP contribution in [0.4, 0.5) is 0 Å². The fourth-order valence-corrected chi connectivity index (χ4v) is 3.07. The number of ether oxygens (including phenoxy) is 2. The normalized spacial score (nSPS) is 14.8. The summed E-state index contributed by atoms with van der Waals surface area (Å²) in [6.45, 7) is 3.78. The number of aromatic hydroxyl groups is 1. The number of cyclic esters (lactones) is 1. The van der Waals surface area contributed by atoms with Crippen LogP contribution < -0.4 is 4.74 Å². The number of carbonyl (C=O) groups is 1. The molecular weight excluding hydrogens is 340 g/mol. The molecule has 140 valence electrons. The lowest BCUT2D eigenvalue weighted by atomic mass is 9.94. The average molecular weight is 362 g/mol. The highest BCUT2D eigenvalue weighted by Crippen LogP contribution is 2.42. The maximum absolute atomic E-state index is 11.9. The molecule has 8 heteroatoms. The minimum absolute atomic E-state index is 0.104. The topological polar surface area (TPSA) is 123 Å². The number of hydrogen-bond donors (Lipinski definition) is 3. The molecule has 0 aliphatic carbocycles. The van der Waals surface area contributed by atoms with Crippen LogP contribution in [0.25, 0.3) is 0 Å². The molecule has 0 aromatic heterocycles. The van der Waals surface area contributed by atoms with Crippen molar-refractivity contribution < 1.29 is 29.8 Å². The minimum Gasteiger partial charge on any atom is -0.507 e. The number of phenols is 1. The molecule has 8 nitrogen and oxygen atoms in total. The predicted molar refractivity (Wildman–Crippen MR) is 90.0 cm³/mol. The minimum atomic E-state index is -1.09. The van der Waals surface area contributed by atoms with E-state index in [2.05, 4.69) is 0 Å². The first-order valence-electron chi connectivity index (χ1n) is 8.18. The van der Waals surface area contributed by atoms with Gasteiger partial charge >= 0.3 is 5.97 Å². The Labute approximate surface area is 151 Å². The van der Waals surface area contributed by atoms with Crippen LogP contribution in [0.15, 0.2) is 11.6 Å². The number of carbonyl (C=O) groups excluding carboxylic acids is 1. The maximum atomic E-state index is 11.9. The van der Waals surface area contributed by atoms with Gasteiger partial charge < -0.3 is 14.6 Å². The van der Waals surface area contributed by atoms with Crippen LogP contribution in [0.5, 0.6) is 11.5 Å². The Balaban J connectivity index is 2.40. The average Bonchev–Trinajstić information content (AvgIpc) is 3.01. The molecule has 1 heterocycles. The van der Waals surface area contributed by atoms with E-state index in [0.717, 1.165) is 11.1 Å². The molecule has 0 amide bonds.